The van der Waals surface area contributed by atoms with Crippen LogP contribution >= 0.6 is 0 Å². The van der Waals surface area contributed by atoms with E-state index in [0.29, 0.717) is 24.7 Å². The molecule has 0 aliphatic carbocycles. The highest BCUT2D eigenvalue weighted by Crippen LogP contribution is 2.13. The van der Waals surface area contributed by atoms with Crippen LogP contribution in [0, 0.1) is 0 Å². The predicted octanol–water partition coefficient (Wildman–Crippen LogP) is 2.94. The Morgan fingerprint density at radius 1 is 0.957 bits per heavy atom. The molecule has 3 rings (SSSR count). The Morgan fingerprint density at radius 2 is 1.61 bits per heavy atom. The van der Waals surface area contributed by atoms with E-state index in [-0.39, 0.29) is 5.56 Å². The van der Waals surface area contributed by atoms with Gasteiger partial charge in [-0.1, -0.05) is 60.7 Å². The molecule has 0 saturated carbocycles. The van der Waals surface area contributed by atoms with Crippen molar-refractivity contribution in [2.24, 2.45) is 0 Å². The number of nitrogens with one attached hydrogen (secondary N) is 1. The van der Waals surface area contributed by atoms with Gasteiger partial charge in [-0.05, 0) is 12.5 Å². The van der Waals surface area contributed by atoms with Crippen molar-refractivity contribution < 1.29 is 0 Å². The van der Waals surface area contributed by atoms with Crippen molar-refractivity contribution in [2.45, 2.75) is 20.0 Å². The highest BCUT2D eigenvalue weighted by atomic mass is 16.1. The largest absolute Gasteiger partial charge is 0.350 e. The number of nitrogens with zero attached hydrogens (tertiary/aromatic N) is 3. The molecule has 0 bridgehead atoms. The molecular formula is C18H18N4O. The molecule has 0 spiro atoms. The molecule has 1 aromatic heterocycles. The number of aromatic nitrogens is 3. The SMILES string of the molecule is CCn1c(NCc2ccccc2)nnc(-c2ccccc2)c1=O. The van der Waals surface area contributed by atoms with Crippen LogP contribution in [0.15, 0.2) is 65.5 Å². The zero-order chi connectivity index (χ0) is 16.1. The first kappa shape index (κ1) is 15.0. The minimum Gasteiger partial charge on any atom is -0.350 e. The van der Waals surface area contributed by atoms with E-state index in [1.54, 1.807) is 4.57 Å². The lowest BCUT2D eigenvalue weighted by molar-refractivity contribution is 0.691. The van der Waals surface area contributed by atoms with Crippen molar-refractivity contribution in [3.05, 3.63) is 76.6 Å². The Kier molecular flexibility index (Phi) is 4.47. The zero-order valence-corrected chi connectivity index (χ0v) is 12.9. The van der Waals surface area contributed by atoms with E-state index in [0.717, 1.165) is 11.1 Å². The summed E-state index contributed by atoms with van der Waals surface area (Å²) < 4.78 is 1.61. The van der Waals surface area contributed by atoms with Crippen LogP contribution in [0.3, 0.4) is 0 Å². The van der Waals surface area contributed by atoms with Crippen molar-refractivity contribution in [3.63, 3.8) is 0 Å². The monoisotopic (exact) mass is 306 g/mol. The summed E-state index contributed by atoms with van der Waals surface area (Å²) in [5.41, 5.74) is 2.14. The molecule has 0 atom stereocenters. The maximum Gasteiger partial charge on any atom is 0.281 e. The quantitative estimate of drug-likeness (QED) is 0.787. The summed E-state index contributed by atoms with van der Waals surface area (Å²) in [5.74, 6) is 0.487. The second kappa shape index (κ2) is 6.87. The molecule has 23 heavy (non-hydrogen) atoms. The lowest BCUT2D eigenvalue weighted by atomic mass is 10.2. The molecule has 5 nitrogen and oxygen atoms in total. The molecule has 2 aromatic carbocycles. The Balaban J connectivity index is 1.90. The van der Waals surface area contributed by atoms with E-state index in [9.17, 15) is 4.79 Å². The summed E-state index contributed by atoms with van der Waals surface area (Å²) in [4.78, 5) is 12.7. The molecule has 3 aromatic rings. The van der Waals surface area contributed by atoms with Gasteiger partial charge in [0.25, 0.3) is 5.56 Å². The van der Waals surface area contributed by atoms with Crippen LogP contribution in [-0.4, -0.2) is 14.8 Å². The highest BCUT2D eigenvalue weighted by Gasteiger charge is 2.12. The smallest absolute Gasteiger partial charge is 0.281 e. The van der Waals surface area contributed by atoms with E-state index < -0.39 is 0 Å². The molecule has 1 N–H and O–H groups in total. The summed E-state index contributed by atoms with van der Waals surface area (Å²) in [6, 6.07) is 19.4. The third kappa shape index (κ3) is 3.29. The van der Waals surface area contributed by atoms with Crippen LogP contribution in [0.25, 0.3) is 11.3 Å². The third-order valence-corrected chi connectivity index (χ3v) is 3.61. The Morgan fingerprint density at radius 3 is 2.26 bits per heavy atom. The zero-order valence-electron chi connectivity index (χ0n) is 12.9. The minimum atomic E-state index is -0.135. The molecule has 0 radical (unpaired) electrons. The molecule has 5 heteroatoms. The average molecular weight is 306 g/mol. The number of benzene rings is 2. The lowest BCUT2D eigenvalue weighted by Gasteiger charge is -2.12. The molecule has 0 saturated heterocycles. The van der Waals surface area contributed by atoms with Gasteiger partial charge >= 0.3 is 0 Å². The van der Waals surface area contributed by atoms with Crippen molar-refractivity contribution in [3.8, 4) is 11.3 Å². The van der Waals surface area contributed by atoms with E-state index >= 15 is 0 Å². The van der Waals surface area contributed by atoms with E-state index in [1.165, 1.54) is 0 Å². The first-order chi connectivity index (χ1) is 11.3. The van der Waals surface area contributed by atoms with Gasteiger partial charge in [0.15, 0.2) is 5.69 Å². The maximum absolute atomic E-state index is 12.7. The summed E-state index contributed by atoms with van der Waals surface area (Å²) in [7, 11) is 0. The maximum atomic E-state index is 12.7. The molecule has 116 valence electrons. The van der Waals surface area contributed by atoms with Crippen LogP contribution in [0.2, 0.25) is 0 Å². The van der Waals surface area contributed by atoms with Crippen LogP contribution in [0.1, 0.15) is 12.5 Å². The Bertz CT molecular complexity index is 829. The molecule has 0 aliphatic rings. The van der Waals surface area contributed by atoms with E-state index in [2.05, 4.69) is 15.5 Å². The van der Waals surface area contributed by atoms with Gasteiger partial charge in [-0.2, -0.15) is 0 Å². The molecule has 0 fully saturated rings. The fraction of sp³-hybridized carbons (Fsp3) is 0.167. The standard InChI is InChI=1S/C18H18N4O/c1-2-22-17(23)16(15-11-7-4-8-12-15)20-21-18(22)19-13-14-9-5-3-6-10-14/h3-12H,2,13H2,1H3,(H,19,21). The number of hydrogen-bond acceptors (Lipinski definition) is 4. The fourth-order valence-electron chi connectivity index (χ4n) is 2.40. The molecule has 0 unspecified atom stereocenters. The average Bonchev–Trinajstić information content (AvgIpc) is 2.61. The number of hydrogen-bond donors (Lipinski definition) is 1. The van der Waals surface area contributed by atoms with E-state index in [4.69, 9.17) is 0 Å². The first-order valence-electron chi connectivity index (χ1n) is 7.60. The van der Waals surface area contributed by atoms with Gasteiger partial charge in [0.2, 0.25) is 5.95 Å². The summed E-state index contributed by atoms with van der Waals surface area (Å²) in [6.45, 7) is 3.05. The number of rotatable bonds is 5. The predicted molar refractivity (Wildman–Crippen MR) is 91.2 cm³/mol. The molecule has 0 amide bonds. The normalized spacial score (nSPS) is 10.5. The van der Waals surface area contributed by atoms with Crippen molar-refractivity contribution in [1.29, 1.82) is 0 Å². The van der Waals surface area contributed by atoms with Crippen LogP contribution < -0.4 is 10.9 Å². The van der Waals surface area contributed by atoms with Crippen molar-refractivity contribution >= 4 is 5.95 Å². The number of anilines is 1. The fourth-order valence-corrected chi connectivity index (χ4v) is 2.40. The van der Waals surface area contributed by atoms with Gasteiger partial charge in [-0.15, -0.1) is 10.2 Å². The Labute approximate surface area is 134 Å². The second-order valence-electron chi connectivity index (χ2n) is 5.13. The topological polar surface area (TPSA) is 59.8 Å². The van der Waals surface area contributed by atoms with Crippen LogP contribution in [0.4, 0.5) is 5.95 Å². The molecule has 0 aliphatic heterocycles. The van der Waals surface area contributed by atoms with Gasteiger partial charge in [-0.3, -0.25) is 9.36 Å². The highest BCUT2D eigenvalue weighted by molar-refractivity contribution is 5.57. The summed E-state index contributed by atoms with van der Waals surface area (Å²) >= 11 is 0. The van der Waals surface area contributed by atoms with Gasteiger partial charge in [0.1, 0.15) is 0 Å². The lowest BCUT2D eigenvalue weighted by Crippen LogP contribution is -2.27. The van der Waals surface area contributed by atoms with Gasteiger partial charge in [-0.25, -0.2) is 0 Å². The third-order valence-electron chi connectivity index (χ3n) is 3.61. The van der Waals surface area contributed by atoms with E-state index in [1.807, 2.05) is 67.6 Å². The van der Waals surface area contributed by atoms with Gasteiger partial charge in [0, 0.05) is 18.7 Å². The Hall–Kier alpha value is -2.95. The first-order valence-corrected chi connectivity index (χ1v) is 7.60. The minimum absolute atomic E-state index is 0.135. The van der Waals surface area contributed by atoms with Crippen molar-refractivity contribution in [1.82, 2.24) is 14.8 Å². The summed E-state index contributed by atoms with van der Waals surface area (Å²) in [5, 5.41) is 11.5. The van der Waals surface area contributed by atoms with Crippen LogP contribution in [0.5, 0.6) is 0 Å². The van der Waals surface area contributed by atoms with Gasteiger partial charge < -0.3 is 5.32 Å². The molecule has 1 heterocycles. The second-order valence-corrected chi connectivity index (χ2v) is 5.13. The van der Waals surface area contributed by atoms with Crippen LogP contribution in [-0.2, 0) is 13.1 Å². The molecular weight excluding hydrogens is 288 g/mol. The van der Waals surface area contributed by atoms with Gasteiger partial charge in [0.05, 0.1) is 0 Å². The summed E-state index contributed by atoms with van der Waals surface area (Å²) in [6.07, 6.45) is 0. The van der Waals surface area contributed by atoms with Crippen molar-refractivity contribution in [2.75, 3.05) is 5.32 Å².